The monoisotopic (exact) mass is 691 g/mol. The summed E-state index contributed by atoms with van der Waals surface area (Å²) in [5, 5.41) is 2.97. The van der Waals surface area contributed by atoms with Crippen LogP contribution in [-0.4, -0.2) is 50.9 Å². The van der Waals surface area contributed by atoms with Gasteiger partial charge in [-0.25, -0.2) is 8.42 Å². The SMILES string of the molecule is COc1ccc(C)cc1N(CC(=O)N(Cc1ccc(Br)cc1)[C@H](Cc1ccccc1)C(=O)NC(C)C)S(=O)(=O)c1ccccc1. The number of aryl methyl sites for hydroxylation is 1. The van der Waals surface area contributed by atoms with Crippen molar-refractivity contribution in [2.24, 2.45) is 0 Å². The van der Waals surface area contributed by atoms with Crippen LogP contribution in [0.4, 0.5) is 5.69 Å². The highest BCUT2D eigenvalue weighted by molar-refractivity contribution is 9.10. The van der Waals surface area contributed by atoms with E-state index in [-0.39, 0.29) is 35.5 Å². The van der Waals surface area contributed by atoms with Crippen molar-refractivity contribution >= 4 is 43.5 Å². The molecular weight excluding hydrogens is 654 g/mol. The van der Waals surface area contributed by atoms with Gasteiger partial charge in [0, 0.05) is 23.5 Å². The van der Waals surface area contributed by atoms with E-state index in [9.17, 15) is 18.0 Å². The minimum Gasteiger partial charge on any atom is -0.495 e. The number of nitrogens with zero attached hydrogens (tertiary/aromatic N) is 2. The number of halogens is 1. The zero-order valence-corrected chi connectivity index (χ0v) is 28.2. The third kappa shape index (κ3) is 8.73. The molecule has 1 atom stereocenters. The Hall–Kier alpha value is -4.15. The quantitative estimate of drug-likeness (QED) is 0.182. The van der Waals surface area contributed by atoms with E-state index in [0.29, 0.717) is 5.75 Å². The van der Waals surface area contributed by atoms with E-state index in [2.05, 4.69) is 21.2 Å². The van der Waals surface area contributed by atoms with E-state index in [1.807, 2.05) is 81.4 Å². The van der Waals surface area contributed by atoms with Gasteiger partial charge < -0.3 is 15.0 Å². The number of carbonyl (C=O) groups is 2. The zero-order chi connectivity index (χ0) is 32.6. The molecule has 0 saturated heterocycles. The molecule has 4 aromatic rings. The van der Waals surface area contributed by atoms with Gasteiger partial charge in [-0.1, -0.05) is 82.7 Å². The molecule has 0 bridgehead atoms. The molecule has 0 heterocycles. The summed E-state index contributed by atoms with van der Waals surface area (Å²) in [6.45, 7) is 5.07. The summed E-state index contributed by atoms with van der Waals surface area (Å²) in [6.07, 6.45) is 0.237. The minimum absolute atomic E-state index is 0.0270. The average molecular weight is 693 g/mol. The fraction of sp³-hybridized carbons (Fsp3) is 0.257. The van der Waals surface area contributed by atoms with Gasteiger partial charge in [-0.05, 0) is 73.9 Å². The largest absolute Gasteiger partial charge is 0.495 e. The van der Waals surface area contributed by atoms with Crippen LogP contribution >= 0.6 is 15.9 Å². The Balaban J connectivity index is 1.84. The lowest BCUT2D eigenvalue weighted by molar-refractivity contribution is -0.140. The third-order valence-electron chi connectivity index (χ3n) is 7.18. The number of sulfonamides is 1. The Bertz CT molecular complexity index is 1700. The molecule has 0 unspecified atom stereocenters. The van der Waals surface area contributed by atoms with Crippen LogP contribution in [-0.2, 0) is 32.6 Å². The highest BCUT2D eigenvalue weighted by atomic mass is 79.9. The summed E-state index contributed by atoms with van der Waals surface area (Å²) in [5.74, 6) is -0.573. The summed E-state index contributed by atoms with van der Waals surface area (Å²) in [7, 11) is -2.78. The lowest BCUT2D eigenvalue weighted by atomic mass is 10.0. The van der Waals surface area contributed by atoms with Gasteiger partial charge in [-0.15, -0.1) is 0 Å². The zero-order valence-electron chi connectivity index (χ0n) is 25.8. The van der Waals surface area contributed by atoms with Crippen molar-refractivity contribution in [2.45, 2.75) is 50.7 Å². The van der Waals surface area contributed by atoms with Crippen LogP contribution in [0.15, 0.2) is 112 Å². The third-order valence-corrected chi connectivity index (χ3v) is 9.48. The smallest absolute Gasteiger partial charge is 0.264 e. The molecule has 0 saturated carbocycles. The molecule has 8 nitrogen and oxygen atoms in total. The number of rotatable bonds is 13. The Morgan fingerprint density at radius 1 is 0.867 bits per heavy atom. The van der Waals surface area contributed by atoms with Crippen molar-refractivity contribution in [3.8, 4) is 5.75 Å². The Morgan fingerprint density at radius 3 is 2.09 bits per heavy atom. The van der Waals surface area contributed by atoms with Gasteiger partial charge in [0.2, 0.25) is 11.8 Å². The number of nitrogens with one attached hydrogen (secondary N) is 1. The van der Waals surface area contributed by atoms with Gasteiger partial charge in [-0.3, -0.25) is 13.9 Å². The van der Waals surface area contributed by atoms with Crippen LogP contribution < -0.4 is 14.4 Å². The number of benzene rings is 4. The fourth-order valence-electron chi connectivity index (χ4n) is 4.95. The minimum atomic E-state index is -4.24. The number of carbonyl (C=O) groups excluding carboxylic acids is 2. The Kier molecular flexibility index (Phi) is 11.4. The maximum absolute atomic E-state index is 14.6. The summed E-state index contributed by atoms with van der Waals surface area (Å²) >= 11 is 3.46. The summed E-state index contributed by atoms with van der Waals surface area (Å²) < 4.78 is 36.0. The number of ether oxygens (including phenoxy) is 1. The van der Waals surface area contributed by atoms with Gasteiger partial charge in [0.15, 0.2) is 0 Å². The van der Waals surface area contributed by atoms with Crippen molar-refractivity contribution < 1.29 is 22.7 Å². The lowest BCUT2D eigenvalue weighted by Gasteiger charge is -2.34. The van der Waals surface area contributed by atoms with Crippen molar-refractivity contribution in [3.05, 3.63) is 124 Å². The highest BCUT2D eigenvalue weighted by Gasteiger charge is 2.35. The molecule has 10 heteroatoms. The molecule has 0 radical (unpaired) electrons. The van der Waals surface area contributed by atoms with Gasteiger partial charge in [-0.2, -0.15) is 0 Å². The predicted molar refractivity (Wildman–Crippen MR) is 181 cm³/mol. The molecule has 45 heavy (non-hydrogen) atoms. The Morgan fingerprint density at radius 2 is 1.49 bits per heavy atom. The van der Waals surface area contributed by atoms with E-state index in [4.69, 9.17) is 4.74 Å². The van der Waals surface area contributed by atoms with Gasteiger partial charge >= 0.3 is 0 Å². The first-order valence-electron chi connectivity index (χ1n) is 14.6. The van der Waals surface area contributed by atoms with Crippen molar-refractivity contribution in [1.82, 2.24) is 10.2 Å². The van der Waals surface area contributed by atoms with Crippen molar-refractivity contribution in [1.29, 1.82) is 0 Å². The van der Waals surface area contributed by atoms with Crippen LogP contribution in [0.2, 0.25) is 0 Å². The van der Waals surface area contributed by atoms with Gasteiger partial charge in [0.05, 0.1) is 17.7 Å². The number of methoxy groups -OCH3 is 1. The first kappa shape index (κ1) is 33.7. The topological polar surface area (TPSA) is 96.0 Å². The van der Waals surface area contributed by atoms with E-state index in [0.717, 1.165) is 25.5 Å². The summed E-state index contributed by atoms with van der Waals surface area (Å²) in [6, 6.07) is 29.0. The van der Waals surface area contributed by atoms with E-state index in [1.54, 1.807) is 30.3 Å². The van der Waals surface area contributed by atoms with Crippen LogP contribution in [0.25, 0.3) is 0 Å². The molecule has 4 aromatic carbocycles. The van der Waals surface area contributed by atoms with Crippen molar-refractivity contribution in [2.75, 3.05) is 18.0 Å². The average Bonchev–Trinajstić information content (AvgIpc) is 3.02. The van der Waals surface area contributed by atoms with Crippen LogP contribution in [0, 0.1) is 6.92 Å². The first-order chi connectivity index (χ1) is 21.5. The second kappa shape index (κ2) is 15.2. The molecule has 0 aliphatic heterocycles. The van der Waals surface area contributed by atoms with E-state index < -0.39 is 28.5 Å². The maximum Gasteiger partial charge on any atom is 0.264 e. The predicted octanol–water partition coefficient (Wildman–Crippen LogP) is 6.13. The standard InChI is InChI=1S/C35H38BrN3O5S/c1-25(2)37-35(41)32(22-27-11-7-5-8-12-27)38(23-28-16-18-29(36)19-17-28)34(40)24-39(31-21-26(3)15-20-33(31)44-4)45(42,43)30-13-9-6-10-14-30/h5-21,25,32H,22-24H2,1-4H3,(H,37,41)/t32-/m1/s1. The number of amides is 2. The first-order valence-corrected chi connectivity index (χ1v) is 16.8. The lowest BCUT2D eigenvalue weighted by Crippen LogP contribution is -2.54. The van der Waals surface area contributed by atoms with E-state index >= 15 is 0 Å². The maximum atomic E-state index is 14.6. The molecule has 1 N–H and O–H groups in total. The van der Waals surface area contributed by atoms with Crippen LogP contribution in [0.3, 0.4) is 0 Å². The molecule has 4 rings (SSSR count). The molecule has 0 aliphatic rings. The van der Waals surface area contributed by atoms with Gasteiger partial charge in [0.25, 0.3) is 10.0 Å². The van der Waals surface area contributed by atoms with E-state index in [1.165, 1.54) is 24.1 Å². The summed E-state index contributed by atoms with van der Waals surface area (Å²) in [4.78, 5) is 29.9. The molecular formula is C35H38BrN3O5S. The molecule has 0 spiro atoms. The number of anilines is 1. The summed E-state index contributed by atoms with van der Waals surface area (Å²) in [5.41, 5.74) is 2.66. The second-order valence-electron chi connectivity index (χ2n) is 11.0. The molecule has 0 fully saturated rings. The van der Waals surface area contributed by atoms with Crippen molar-refractivity contribution in [3.63, 3.8) is 0 Å². The van der Waals surface area contributed by atoms with Crippen LogP contribution in [0.1, 0.15) is 30.5 Å². The molecule has 0 aromatic heterocycles. The van der Waals surface area contributed by atoms with Gasteiger partial charge in [0.1, 0.15) is 18.3 Å². The number of hydrogen-bond donors (Lipinski definition) is 1. The second-order valence-corrected chi connectivity index (χ2v) is 13.8. The normalized spacial score (nSPS) is 12.0. The highest BCUT2D eigenvalue weighted by Crippen LogP contribution is 2.34. The molecule has 236 valence electrons. The number of hydrogen-bond acceptors (Lipinski definition) is 5. The fourth-order valence-corrected chi connectivity index (χ4v) is 6.65. The Labute approximate surface area is 274 Å². The van der Waals surface area contributed by atoms with Crippen LogP contribution in [0.5, 0.6) is 5.75 Å². The molecule has 0 aliphatic carbocycles. The molecule has 2 amide bonds.